The summed E-state index contributed by atoms with van der Waals surface area (Å²) < 4.78 is 0. The molecule has 0 aliphatic heterocycles. The van der Waals surface area contributed by atoms with Crippen molar-refractivity contribution in [3.8, 4) is 0 Å². The number of nitrogens with one attached hydrogen (secondary N) is 1. The van der Waals surface area contributed by atoms with Crippen molar-refractivity contribution in [1.82, 2.24) is 14.9 Å². The molecular weight excluding hydrogens is 228 g/mol. The van der Waals surface area contributed by atoms with E-state index in [2.05, 4.69) is 15.3 Å². The first-order valence-corrected chi connectivity index (χ1v) is 6.56. The lowest BCUT2D eigenvalue weighted by molar-refractivity contribution is 0.0746. The van der Waals surface area contributed by atoms with E-state index in [0.717, 1.165) is 31.6 Å². The molecule has 0 radical (unpaired) electrons. The van der Waals surface area contributed by atoms with Crippen LogP contribution in [0.25, 0.3) is 0 Å². The first-order chi connectivity index (χ1) is 8.65. The molecule has 18 heavy (non-hydrogen) atoms. The maximum absolute atomic E-state index is 12.4. The molecule has 0 unspecified atom stereocenters. The fraction of sp³-hybridized carbons (Fsp3) is 0.615. The minimum absolute atomic E-state index is 0.0182. The van der Waals surface area contributed by atoms with Crippen LogP contribution in [0.5, 0.6) is 0 Å². The fourth-order valence-electron chi connectivity index (χ4n) is 2.02. The predicted octanol–water partition coefficient (Wildman–Crippen LogP) is 1.84. The lowest BCUT2D eigenvalue weighted by Gasteiger charge is -2.20. The van der Waals surface area contributed by atoms with Gasteiger partial charge in [-0.1, -0.05) is 0 Å². The molecule has 1 heterocycles. The standard InChI is InChI=1S/C13H20N4O/c1-4-14-13-15-9(3)8-11(16-13)12(18)17(5-2)10-6-7-10/h8,10H,4-7H2,1-3H3,(H,14,15,16). The van der Waals surface area contributed by atoms with Gasteiger partial charge in [0.1, 0.15) is 5.69 Å². The highest BCUT2D eigenvalue weighted by molar-refractivity contribution is 5.93. The summed E-state index contributed by atoms with van der Waals surface area (Å²) in [7, 11) is 0. The van der Waals surface area contributed by atoms with Crippen LogP contribution in [-0.4, -0.2) is 39.9 Å². The van der Waals surface area contributed by atoms with Crippen molar-refractivity contribution in [3.05, 3.63) is 17.5 Å². The Hall–Kier alpha value is -1.65. The third-order valence-electron chi connectivity index (χ3n) is 3.00. The molecule has 0 spiro atoms. The zero-order valence-electron chi connectivity index (χ0n) is 11.2. The molecule has 1 aliphatic carbocycles. The number of hydrogen-bond donors (Lipinski definition) is 1. The molecule has 1 fully saturated rings. The zero-order chi connectivity index (χ0) is 13.1. The van der Waals surface area contributed by atoms with Crippen LogP contribution >= 0.6 is 0 Å². The Kier molecular flexibility index (Phi) is 3.79. The van der Waals surface area contributed by atoms with Gasteiger partial charge < -0.3 is 10.2 Å². The molecular formula is C13H20N4O. The Morgan fingerprint density at radius 3 is 2.72 bits per heavy atom. The zero-order valence-corrected chi connectivity index (χ0v) is 11.2. The summed E-state index contributed by atoms with van der Waals surface area (Å²) in [5, 5.41) is 3.05. The van der Waals surface area contributed by atoms with Crippen molar-refractivity contribution in [1.29, 1.82) is 0 Å². The summed E-state index contributed by atoms with van der Waals surface area (Å²) >= 11 is 0. The minimum Gasteiger partial charge on any atom is -0.354 e. The van der Waals surface area contributed by atoms with Crippen LogP contribution in [0.2, 0.25) is 0 Å². The first kappa shape index (κ1) is 12.8. The maximum Gasteiger partial charge on any atom is 0.272 e. The normalized spacial score (nSPS) is 14.4. The number of carbonyl (C=O) groups excluding carboxylic acids is 1. The third kappa shape index (κ3) is 2.78. The van der Waals surface area contributed by atoms with Gasteiger partial charge in [-0.2, -0.15) is 0 Å². The Morgan fingerprint density at radius 1 is 1.44 bits per heavy atom. The molecule has 1 N–H and O–H groups in total. The molecule has 1 aliphatic rings. The number of aryl methyl sites for hydroxylation is 1. The van der Waals surface area contributed by atoms with Gasteiger partial charge in [0.05, 0.1) is 0 Å². The molecule has 5 heteroatoms. The molecule has 0 atom stereocenters. The predicted molar refractivity (Wildman–Crippen MR) is 70.7 cm³/mol. The number of aromatic nitrogens is 2. The van der Waals surface area contributed by atoms with Crippen LogP contribution in [-0.2, 0) is 0 Å². The van der Waals surface area contributed by atoms with Crippen LogP contribution in [0.15, 0.2) is 6.07 Å². The largest absolute Gasteiger partial charge is 0.354 e. The molecule has 0 saturated heterocycles. The van der Waals surface area contributed by atoms with Crippen LogP contribution < -0.4 is 5.32 Å². The van der Waals surface area contributed by atoms with Gasteiger partial charge in [-0.25, -0.2) is 9.97 Å². The van der Waals surface area contributed by atoms with E-state index in [1.807, 2.05) is 25.7 Å². The second-order valence-corrected chi connectivity index (χ2v) is 4.57. The highest BCUT2D eigenvalue weighted by Crippen LogP contribution is 2.27. The van der Waals surface area contributed by atoms with Gasteiger partial charge in [-0.15, -0.1) is 0 Å². The molecule has 1 saturated carbocycles. The Balaban J connectivity index is 2.22. The monoisotopic (exact) mass is 248 g/mol. The highest BCUT2D eigenvalue weighted by atomic mass is 16.2. The van der Waals surface area contributed by atoms with Crippen molar-refractivity contribution in [2.75, 3.05) is 18.4 Å². The van der Waals surface area contributed by atoms with E-state index in [1.165, 1.54) is 0 Å². The number of nitrogens with zero attached hydrogens (tertiary/aromatic N) is 3. The van der Waals surface area contributed by atoms with Crippen molar-refractivity contribution in [3.63, 3.8) is 0 Å². The van der Waals surface area contributed by atoms with Crippen molar-refractivity contribution in [2.24, 2.45) is 0 Å². The highest BCUT2D eigenvalue weighted by Gasteiger charge is 2.32. The first-order valence-electron chi connectivity index (χ1n) is 6.56. The summed E-state index contributed by atoms with van der Waals surface area (Å²) in [6.07, 6.45) is 2.23. The lowest BCUT2D eigenvalue weighted by atomic mass is 10.3. The van der Waals surface area contributed by atoms with Crippen molar-refractivity contribution < 1.29 is 4.79 Å². The summed E-state index contributed by atoms with van der Waals surface area (Å²) in [5.74, 6) is 0.553. The fourth-order valence-corrected chi connectivity index (χ4v) is 2.02. The quantitative estimate of drug-likeness (QED) is 0.864. The van der Waals surface area contributed by atoms with Crippen LogP contribution in [0.1, 0.15) is 42.9 Å². The molecule has 1 aromatic heterocycles. The van der Waals surface area contributed by atoms with Gasteiger partial charge in [0.2, 0.25) is 5.95 Å². The smallest absolute Gasteiger partial charge is 0.272 e. The van der Waals surface area contributed by atoms with Crippen LogP contribution in [0.4, 0.5) is 5.95 Å². The maximum atomic E-state index is 12.4. The second-order valence-electron chi connectivity index (χ2n) is 4.57. The van der Waals surface area contributed by atoms with Gasteiger partial charge in [0.15, 0.2) is 0 Å². The molecule has 0 aromatic carbocycles. The summed E-state index contributed by atoms with van der Waals surface area (Å²) in [6.45, 7) is 7.36. The van der Waals surface area contributed by atoms with E-state index >= 15 is 0 Å². The average Bonchev–Trinajstić information content (AvgIpc) is 3.14. The molecule has 2 rings (SSSR count). The van der Waals surface area contributed by atoms with Gasteiger partial charge in [-0.05, 0) is 39.7 Å². The summed E-state index contributed by atoms with van der Waals surface area (Å²) in [4.78, 5) is 22.8. The Bertz CT molecular complexity index is 443. The molecule has 1 amide bonds. The molecule has 1 aromatic rings. The van der Waals surface area contributed by atoms with Crippen molar-refractivity contribution in [2.45, 2.75) is 39.7 Å². The third-order valence-corrected chi connectivity index (χ3v) is 3.00. The van der Waals surface area contributed by atoms with E-state index < -0.39 is 0 Å². The van der Waals surface area contributed by atoms with Gasteiger partial charge in [0.25, 0.3) is 5.91 Å². The van der Waals surface area contributed by atoms with E-state index in [4.69, 9.17) is 0 Å². The molecule has 0 bridgehead atoms. The lowest BCUT2D eigenvalue weighted by Crippen LogP contribution is -2.33. The number of anilines is 1. The van der Waals surface area contributed by atoms with Gasteiger partial charge in [-0.3, -0.25) is 4.79 Å². The minimum atomic E-state index is 0.0182. The second kappa shape index (κ2) is 5.33. The Morgan fingerprint density at radius 2 is 2.17 bits per heavy atom. The number of carbonyl (C=O) groups is 1. The van der Waals surface area contributed by atoms with E-state index in [1.54, 1.807) is 6.07 Å². The van der Waals surface area contributed by atoms with E-state index in [9.17, 15) is 4.79 Å². The summed E-state index contributed by atoms with van der Waals surface area (Å²) in [5.41, 5.74) is 1.31. The van der Waals surface area contributed by atoms with Crippen LogP contribution in [0.3, 0.4) is 0 Å². The SMILES string of the molecule is CCNc1nc(C)cc(C(=O)N(CC)C2CC2)n1. The average molecular weight is 248 g/mol. The van der Waals surface area contributed by atoms with Gasteiger partial charge >= 0.3 is 0 Å². The van der Waals surface area contributed by atoms with Crippen LogP contribution in [0, 0.1) is 6.92 Å². The van der Waals surface area contributed by atoms with E-state index in [0.29, 0.717) is 17.7 Å². The van der Waals surface area contributed by atoms with E-state index in [-0.39, 0.29) is 5.91 Å². The number of rotatable bonds is 5. The number of hydrogen-bond acceptors (Lipinski definition) is 4. The summed E-state index contributed by atoms with van der Waals surface area (Å²) in [6, 6.07) is 2.18. The molecule has 5 nitrogen and oxygen atoms in total. The van der Waals surface area contributed by atoms with Crippen molar-refractivity contribution >= 4 is 11.9 Å². The van der Waals surface area contributed by atoms with Gasteiger partial charge in [0, 0.05) is 24.8 Å². The molecule has 98 valence electrons. The topological polar surface area (TPSA) is 58.1 Å². The Labute approximate surface area is 108 Å². The number of amides is 1.